The molecule has 0 amide bonds. The molecule has 1 aliphatic carbocycles. The van der Waals surface area contributed by atoms with Gasteiger partial charge in [0.25, 0.3) is 0 Å². The van der Waals surface area contributed by atoms with Crippen molar-refractivity contribution in [2.75, 3.05) is 6.61 Å². The first-order valence-corrected chi connectivity index (χ1v) is 7.62. The molecule has 108 valence electrons. The van der Waals surface area contributed by atoms with Gasteiger partial charge in [-0.2, -0.15) is 0 Å². The minimum absolute atomic E-state index is 0.0428. The Morgan fingerprint density at radius 2 is 1.86 bits per heavy atom. The first-order valence-electron chi connectivity index (χ1n) is 6.86. The Labute approximate surface area is 133 Å². The van der Waals surface area contributed by atoms with Gasteiger partial charge in [0.2, 0.25) is 5.78 Å². The average molecular weight is 321 g/mol. The van der Waals surface area contributed by atoms with Crippen molar-refractivity contribution in [1.29, 1.82) is 0 Å². The van der Waals surface area contributed by atoms with Gasteiger partial charge in [-0.05, 0) is 60.7 Å². The molecule has 0 saturated heterocycles. The van der Waals surface area contributed by atoms with Crippen LogP contribution >= 0.6 is 23.2 Å². The van der Waals surface area contributed by atoms with Gasteiger partial charge in [-0.15, -0.1) is 0 Å². The van der Waals surface area contributed by atoms with Crippen LogP contribution in [-0.4, -0.2) is 12.4 Å². The molecule has 0 saturated carbocycles. The van der Waals surface area contributed by atoms with Crippen LogP contribution in [0.5, 0.6) is 5.75 Å². The lowest BCUT2D eigenvalue weighted by atomic mass is 10.1. The lowest BCUT2D eigenvalue weighted by molar-refractivity contribution is 0.0921. The first-order chi connectivity index (χ1) is 10.1. The molecule has 21 heavy (non-hydrogen) atoms. The van der Waals surface area contributed by atoms with Gasteiger partial charge >= 0.3 is 0 Å². The highest BCUT2D eigenvalue weighted by Crippen LogP contribution is 2.26. The highest BCUT2D eigenvalue weighted by molar-refractivity contribution is 6.35. The molecule has 0 atom stereocenters. The van der Waals surface area contributed by atoms with E-state index >= 15 is 0 Å². The molecule has 1 aliphatic rings. The Balaban J connectivity index is 1.70. The summed E-state index contributed by atoms with van der Waals surface area (Å²) in [6.45, 7) is -0.0428. The van der Waals surface area contributed by atoms with Crippen LogP contribution < -0.4 is 4.74 Å². The molecule has 0 heterocycles. The van der Waals surface area contributed by atoms with Gasteiger partial charge in [-0.25, -0.2) is 0 Å². The summed E-state index contributed by atoms with van der Waals surface area (Å²) in [5.41, 5.74) is 3.10. The van der Waals surface area contributed by atoms with E-state index < -0.39 is 0 Å². The second-order valence-corrected chi connectivity index (χ2v) is 5.96. The van der Waals surface area contributed by atoms with E-state index in [1.165, 1.54) is 17.5 Å². The molecule has 2 aromatic carbocycles. The van der Waals surface area contributed by atoms with Gasteiger partial charge in [0.05, 0.1) is 5.02 Å². The maximum Gasteiger partial charge on any atom is 0.201 e. The Morgan fingerprint density at radius 3 is 2.71 bits per heavy atom. The molecule has 0 radical (unpaired) electrons. The normalized spacial score (nSPS) is 13.0. The summed E-state index contributed by atoms with van der Waals surface area (Å²) in [6, 6.07) is 10.9. The number of aryl methyl sites for hydroxylation is 2. The summed E-state index contributed by atoms with van der Waals surface area (Å²) in [5, 5.41) is 0.877. The van der Waals surface area contributed by atoms with Crippen LogP contribution in [0.3, 0.4) is 0 Å². The standard InChI is InChI=1S/C17H14Cl2O2/c18-13-5-7-16(19)15(9-13)17(20)10-21-14-6-4-11-2-1-3-12(11)8-14/h4-9H,1-3,10H2. The predicted octanol–water partition coefficient (Wildman–Crippen LogP) is 4.74. The lowest BCUT2D eigenvalue weighted by Gasteiger charge is -2.08. The quantitative estimate of drug-likeness (QED) is 0.760. The van der Waals surface area contributed by atoms with E-state index in [1.807, 2.05) is 12.1 Å². The van der Waals surface area contributed by atoms with Crippen molar-refractivity contribution in [1.82, 2.24) is 0 Å². The number of benzene rings is 2. The molecule has 0 aliphatic heterocycles. The molecule has 0 unspecified atom stereocenters. The van der Waals surface area contributed by atoms with Crippen molar-refractivity contribution in [3.05, 3.63) is 63.1 Å². The molecule has 2 nitrogen and oxygen atoms in total. The van der Waals surface area contributed by atoms with E-state index in [1.54, 1.807) is 18.2 Å². The van der Waals surface area contributed by atoms with E-state index in [9.17, 15) is 4.79 Å². The summed E-state index contributed by atoms with van der Waals surface area (Å²) < 4.78 is 5.59. The third-order valence-corrected chi connectivity index (χ3v) is 4.23. The summed E-state index contributed by atoms with van der Waals surface area (Å²) >= 11 is 11.9. The number of halogens is 2. The number of Topliss-reactive ketones (excluding diaryl/α,β-unsaturated/α-hetero) is 1. The predicted molar refractivity (Wildman–Crippen MR) is 84.8 cm³/mol. The zero-order valence-electron chi connectivity index (χ0n) is 11.4. The fourth-order valence-corrected chi connectivity index (χ4v) is 2.97. The second-order valence-electron chi connectivity index (χ2n) is 5.12. The second kappa shape index (κ2) is 6.08. The molecular weight excluding hydrogens is 307 g/mol. The summed E-state index contributed by atoms with van der Waals surface area (Å²) in [4.78, 5) is 12.2. The third-order valence-electron chi connectivity index (χ3n) is 3.67. The van der Waals surface area contributed by atoms with Gasteiger partial charge < -0.3 is 4.74 Å². The topological polar surface area (TPSA) is 26.3 Å². The van der Waals surface area contributed by atoms with Gasteiger partial charge in [0.15, 0.2) is 6.61 Å². The molecule has 0 bridgehead atoms. The van der Waals surface area contributed by atoms with Gasteiger partial charge in [-0.1, -0.05) is 29.3 Å². The third kappa shape index (κ3) is 3.22. The van der Waals surface area contributed by atoms with Crippen LogP contribution in [0.2, 0.25) is 10.0 Å². The Kier molecular flexibility index (Phi) is 4.18. The fraction of sp³-hybridized carbons (Fsp3) is 0.235. The Hall–Kier alpha value is -1.51. The fourth-order valence-electron chi connectivity index (χ4n) is 2.58. The Morgan fingerprint density at radius 1 is 1.05 bits per heavy atom. The number of hydrogen-bond acceptors (Lipinski definition) is 2. The van der Waals surface area contributed by atoms with Crippen molar-refractivity contribution in [3.8, 4) is 5.75 Å². The van der Waals surface area contributed by atoms with Gasteiger partial charge in [0, 0.05) is 10.6 Å². The van der Waals surface area contributed by atoms with Crippen molar-refractivity contribution >= 4 is 29.0 Å². The minimum atomic E-state index is -0.178. The molecule has 4 heteroatoms. The highest BCUT2D eigenvalue weighted by atomic mass is 35.5. The van der Waals surface area contributed by atoms with Crippen LogP contribution in [0, 0.1) is 0 Å². The molecule has 0 spiro atoms. The average Bonchev–Trinajstić information content (AvgIpc) is 2.94. The molecule has 2 aromatic rings. The molecule has 0 N–H and O–H groups in total. The van der Waals surface area contributed by atoms with E-state index in [0.717, 1.165) is 18.6 Å². The van der Waals surface area contributed by atoms with Gasteiger partial charge in [-0.3, -0.25) is 4.79 Å². The maximum absolute atomic E-state index is 12.2. The van der Waals surface area contributed by atoms with Crippen LogP contribution in [-0.2, 0) is 12.8 Å². The molecule has 3 rings (SSSR count). The summed E-state index contributed by atoms with van der Waals surface area (Å²) in [6.07, 6.45) is 3.41. The molecular formula is C17H14Cl2O2. The molecule has 0 aromatic heterocycles. The van der Waals surface area contributed by atoms with E-state index in [2.05, 4.69) is 6.07 Å². The number of fused-ring (bicyclic) bond motifs is 1. The zero-order chi connectivity index (χ0) is 14.8. The number of carbonyl (C=O) groups excluding carboxylic acids is 1. The van der Waals surface area contributed by atoms with E-state index in [0.29, 0.717) is 15.6 Å². The highest BCUT2D eigenvalue weighted by Gasteiger charge is 2.14. The first kappa shape index (κ1) is 14.4. The number of hydrogen-bond donors (Lipinski definition) is 0. The largest absolute Gasteiger partial charge is 0.485 e. The SMILES string of the molecule is O=C(COc1ccc2c(c1)CCC2)c1cc(Cl)ccc1Cl. The van der Waals surface area contributed by atoms with Crippen molar-refractivity contribution in [3.63, 3.8) is 0 Å². The molecule has 0 fully saturated rings. The van der Waals surface area contributed by atoms with Crippen LogP contribution in [0.4, 0.5) is 0 Å². The van der Waals surface area contributed by atoms with Crippen molar-refractivity contribution in [2.45, 2.75) is 19.3 Å². The number of carbonyl (C=O) groups is 1. The number of rotatable bonds is 4. The number of ether oxygens (including phenoxy) is 1. The summed E-state index contributed by atoms with van der Waals surface area (Å²) in [7, 11) is 0. The smallest absolute Gasteiger partial charge is 0.201 e. The van der Waals surface area contributed by atoms with Crippen LogP contribution in [0.15, 0.2) is 36.4 Å². The lowest BCUT2D eigenvalue weighted by Crippen LogP contribution is -2.12. The maximum atomic E-state index is 12.2. The minimum Gasteiger partial charge on any atom is -0.485 e. The van der Waals surface area contributed by atoms with Crippen LogP contribution in [0.1, 0.15) is 27.9 Å². The monoisotopic (exact) mass is 320 g/mol. The van der Waals surface area contributed by atoms with Crippen molar-refractivity contribution in [2.24, 2.45) is 0 Å². The van der Waals surface area contributed by atoms with Gasteiger partial charge in [0.1, 0.15) is 5.75 Å². The van der Waals surface area contributed by atoms with Crippen LogP contribution in [0.25, 0.3) is 0 Å². The van der Waals surface area contributed by atoms with E-state index in [-0.39, 0.29) is 12.4 Å². The zero-order valence-corrected chi connectivity index (χ0v) is 12.9. The summed E-state index contributed by atoms with van der Waals surface area (Å²) in [5.74, 6) is 0.546. The van der Waals surface area contributed by atoms with E-state index in [4.69, 9.17) is 27.9 Å². The Bertz CT molecular complexity index is 695. The number of ketones is 1. The van der Waals surface area contributed by atoms with Crippen molar-refractivity contribution < 1.29 is 9.53 Å².